The molecule has 1 aromatic heterocycles. The highest BCUT2D eigenvalue weighted by Crippen LogP contribution is 2.41. The topological polar surface area (TPSA) is 63.1 Å². The summed E-state index contributed by atoms with van der Waals surface area (Å²) in [5.41, 5.74) is -1.12. The van der Waals surface area contributed by atoms with Crippen molar-refractivity contribution in [2.24, 2.45) is 0 Å². The molecular weight excluding hydrogens is 275 g/mol. The van der Waals surface area contributed by atoms with Crippen molar-refractivity contribution < 1.29 is 31.9 Å². The highest BCUT2D eigenvalue weighted by Gasteiger charge is 2.64. The number of alkyl halides is 5. The van der Waals surface area contributed by atoms with Gasteiger partial charge in [-0.3, -0.25) is 4.79 Å². The number of nitrogens with zero attached hydrogens (tertiary/aromatic N) is 2. The van der Waals surface area contributed by atoms with Gasteiger partial charge in [0.25, 0.3) is 0 Å². The summed E-state index contributed by atoms with van der Waals surface area (Å²) in [7, 11) is 0. The quantitative estimate of drug-likeness (QED) is 0.842. The van der Waals surface area contributed by atoms with E-state index in [0.717, 1.165) is 12.5 Å². The Kier molecular flexibility index (Phi) is 2.79. The second-order valence-corrected chi connectivity index (χ2v) is 3.79. The van der Waals surface area contributed by atoms with Crippen LogP contribution in [0.4, 0.5) is 22.0 Å². The summed E-state index contributed by atoms with van der Waals surface area (Å²) in [6.45, 7) is 0. The summed E-state index contributed by atoms with van der Waals surface area (Å²) in [4.78, 5) is 18.3. The molecule has 0 bridgehead atoms. The van der Waals surface area contributed by atoms with Gasteiger partial charge in [0.05, 0.1) is 16.8 Å². The fourth-order valence-corrected chi connectivity index (χ4v) is 1.61. The van der Waals surface area contributed by atoms with Crippen LogP contribution in [0.3, 0.4) is 0 Å². The third-order valence-electron chi connectivity index (χ3n) is 2.60. The van der Waals surface area contributed by atoms with E-state index in [1.54, 1.807) is 0 Å². The number of ketones is 1. The molecule has 2 rings (SSSR count). The van der Waals surface area contributed by atoms with Gasteiger partial charge < -0.3 is 5.11 Å². The molecule has 0 aromatic carbocycles. The molecule has 0 spiro atoms. The Morgan fingerprint density at radius 2 is 1.89 bits per heavy atom. The van der Waals surface area contributed by atoms with Gasteiger partial charge in [0.1, 0.15) is 12.1 Å². The Hall–Kier alpha value is -2.06. The Labute approximate surface area is 102 Å². The van der Waals surface area contributed by atoms with Crippen LogP contribution in [-0.4, -0.2) is 33.0 Å². The standard InChI is InChI=1S/C10H5F5N2O2/c11-9(12,10(13,14)15)8(19)4-1-6-5(7(4)18)2-16-3-17-6/h2-3,18H,1H2. The molecule has 1 aliphatic rings. The maximum absolute atomic E-state index is 12.9. The van der Waals surface area contributed by atoms with E-state index in [1.807, 2.05) is 0 Å². The van der Waals surface area contributed by atoms with Crippen LogP contribution in [0.5, 0.6) is 0 Å². The molecule has 0 fully saturated rings. The summed E-state index contributed by atoms with van der Waals surface area (Å²) in [5.74, 6) is -8.97. The molecule has 0 saturated heterocycles. The maximum Gasteiger partial charge on any atom is 0.461 e. The zero-order valence-electron chi connectivity index (χ0n) is 9.00. The van der Waals surface area contributed by atoms with E-state index in [2.05, 4.69) is 9.97 Å². The monoisotopic (exact) mass is 280 g/mol. The van der Waals surface area contributed by atoms with Gasteiger partial charge in [-0.1, -0.05) is 0 Å². The number of carbonyl (C=O) groups is 1. The summed E-state index contributed by atoms with van der Waals surface area (Å²) in [6.07, 6.45) is -4.54. The van der Waals surface area contributed by atoms with Gasteiger partial charge in [-0.2, -0.15) is 22.0 Å². The van der Waals surface area contributed by atoms with Crippen molar-refractivity contribution in [2.75, 3.05) is 0 Å². The molecule has 1 N–H and O–H groups in total. The van der Waals surface area contributed by atoms with Crippen LogP contribution in [0.2, 0.25) is 0 Å². The Balaban J connectivity index is 2.42. The van der Waals surface area contributed by atoms with Crippen LogP contribution in [-0.2, 0) is 11.2 Å². The third kappa shape index (κ3) is 1.94. The van der Waals surface area contributed by atoms with Crippen molar-refractivity contribution in [2.45, 2.75) is 18.5 Å². The Bertz CT molecular complexity index is 580. The molecule has 19 heavy (non-hydrogen) atoms. The fourth-order valence-electron chi connectivity index (χ4n) is 1.61. The SMILES string of the molecule is O=C(C1=C(O)c2cncnc2C1)C(F)(F)C(F)(F)F. The first-order valence-corrected chi connectivity index (χ1v) is 4.87. The zero-order chi connectivity index (χ0) is 14.4. The molecule has 9 heteroatoms. The molecule has 0 aliphatic heterocycles. The summed E-state index contributed by atoms with van der Waals surface area (Å²) in [5, 5.41) is 9.52. The second-order valence-electron chi connectivity index (χ2n) is 3.79. The minimum atomic E-state index is -6.02. The van der Waals surface area contributed by atoms with E-state index < -0.39 is 35.6 Å². The number of aromatic nitrogens is 2. The second kappa shape index (κ2) is 3.97. The molecule has 102 valence electrons. The van der Waals surface area contributed by atoms with E-state index in [9.17, 15) is 31.9 Å². The highest BCUT2D eigenvalue weighted by atomic mass is 19.4. The van der Waals surface area contributed by atoms with Gasteiger partial charge in [-0.15, -0.1) is 0 Å². The predicted octanol–water partition coefficient (Wildman–Crippen LogP) is 2.07. The fraction of sp³-hybridized carbons (Fsp3) is 0.300. The van der Waals surface area contributed by atoms with Crippen molar-refractivity contribution in [1.82, 2.24) is 9.97 Å². The minimum Gasteiger partial charge on any atom is -0.507 e. The van der Waals surface area contributed by atoms with Crippen molar-refractivity contribution >= 4 is 11.5 Å². The first kappa shape index (κ1) is 13.4. The highest BCUT2D eigenvalue weighted by molar-refractivity contribution is 6.07. The number of halogens is 5. The third-order valence-corrected chi connectivity index (χ3v) is 2.60. The van der Waals surface area contributed by atoms with Gasteiger partial charge in [0.2, 0.25) is 5.78 Å². The van der Waals surface area contributed by atoms with E-state index in [4.69, 9.17) is 0 Å². The number of fused-ring (bicyclic) bond motifs is 1. The number of allylic oxidation sites excluding steroid dienone is 1. The molecule has 0 atom stereocenters. The number of aliphatic hydroxyl groups is 1. The lowest BCUT2D eigenvalue weighted by Gasteiger charge is -2.18. The van der Waals surface area contributed by atoms with Crippen molar-refractivity contribution in [3.8, 4) is 0 Å². The first-order valence-electron chi connectivity index (χ1n) is 4.87. The number of hydrogen-bond donors (Lipinski definition) is 1. The number of aliphatic hydroxyl groups excluding tert-OH is 1. The van der Waals surface area contributed by atoms with Gasteiger partial charge in [0, 0.05) is 12.6 Å². The molecule has 0 amide bonds. The summed E-state index contributed by atoms with van der Waals surface area (Å²) < 4.78 is 62.1. The summed E-state index contributed by atoms with van der Waals surface area (Å²) >= 11 is 0. The number of hydrogen-bond acceptors (Lipinski definition) is 4. The Morgan fingerprint density at radius 1 is 1.26 bits per heavy atom. The van der Waals surface area contributed by atoms with Gasteiger partial charge in [-0.25, -0.2) is 9.97 Å². The molecule has 0 unspecified atom stereocenters. The molecular formula is C10H5F5N2O2. The Morgan fingerprint density at radius 3 is 2.42 bits per heavy atom. The van der Waals surface area contributed by atoms with E-state index in [0.29, 0.717) is 0 Å². The van der Waals surface area contributed by atoms with Crippen molar-refractivity contribution in [3.05, 3.63) is 29.4 Å². The lowest BCUT2D eigenvalue weighted by molar-refractivity contribution is -0.266. The van der Waals surface area contributed by atoms with Crippen LogP contribution in [0.15, 0.2) is 18.1 Å². The largest absolute Gasteiger partial charge is 0.507 e. The molecule has 1 aliphatic carbocycles. The van der Waals surface area contributed by atoms with Gasteiger partial charge >= 0.3 is 12.1 Å². The zero-order valence-corrected chi connectivity index (χ0v) is 9.00. The van der Waals surface area contributed by atoms with Crippen LogP contribution >= 0.6 is 0 Å². The molecule has 1 heterocycles. The smallest absolute Gasteiger partial charge is 0.461 e. The predicted molar refractivity (Wildman–Crippen MR) is 51.3 cm³/mol. The van der Waals surface area contributed by atoms with Gasteiger partial charge in [0.15, 0.2) is 0 Å². The average Bonchev–Trinajstić information content (AvgIpc) is 2.65. The van der Waals surface area contributed by atoms with Crippen LogP contribution in [0, 0.1) is 0 Å². The lowest BCUT2D eigenvalue weighted by Crippen LogP contribution is -2.45. The van der Waals surface area contributed by atoms with E-state index in [1.165, 1.54) is 0 Å². The molecule has 0 radical (unpaired) electrons. The van der Waals surface area contributed by atoms with E-state index in [-0.39, 0.29) is 11.3 Å². The normalized spacial score (nSPS) is 15.6. The van der Waals surface area contributed by atoms with Crippen molar-refractivity contribution in [3.63, 3.8) is 0 Å². The molecule has 4 nitrogen and oxygen atoms in total. The molecule has 0 saturated carbocycles. The van der Waals surface area contributed by atoms with Crippen LogP contribution in [0.1, 0.15) is 11.3 Å². The van der Waals surface area contributed by atoms with Crippen molar-refractivity contribution in [1.29, 1.82) is 0 Å². The number of rotatable bonds is 2. The molecule has 1 aromatic rings. The maximum atomic E-state index is 12.9. The van der Waals surface area contributed by atoms with Crippen LogP contribution < -0.4 is 0 Å². The summed E-state index contributed by atoms with van der Waals surface area (Å²) in [6, 6.07) is 0. The van der Waals surface area contributed by atoms with E-state index >= 15 is 0 Å². The number of Topliss-reactive ketones (excluding diaryl/α,β-unsaturated/α-hetero) is 1. The average molecular weight is 280 g/mol. The number of carbonyl (C=O) groups excluding carboxylic acids is 1. The lowest BCUT2D eigenvalue weighted by atomic mass is 10.0. The minimum absolute atomic E-state index is 0.0221. The van der Waals surface area contributed by atoms with Gasteiger partial charge in [-0.05, 0) is 0 Å². The van der Waals surface area contributed by atoms with Crippen LogP contribution in [0.25, 0.3) is 5.76 Å². The first-order chi connectivity index (χ1) is 8.66.